The Kier molecular flexibility index (Phi) is 3.91. The first kappa shape index (κ1) is 8.47. The minimum atomic E-state index is 0.781. The van der Waals surface area contributed by atoms with E-state index < -0.39 is 0 Å². The first-order valence-electron chi connectivity index (χ1n) is 4.31. The van der Waals surface area contributed by atoms with Gasteiger partial charge in [-0.3, -0.25) is 0 Å². The zero-order chi connectivity index (χ0) is 7.94. The van der Waals surface area contributed by atoms with E-state index in [-0.39, 0.29) is 0 Å². The first-order chi connectivity index (χ1) is 5.43. The van der Waals surface area contributed by atoms with Gasteiger partial charge in [-0.05, 0) is 38.4 Å². The zero-order valence-electron chi connectivity index (χ0n) is 6.84. The van der Waals surface area contributed by atoms with Crippen molar-refractivity contribution in [1.82, 2.24) is 5.32 Å². The minimum absolute atomic E-state index is 0.781. The van der Waals surface area contributed by atoms with Crippen LogP contribution in [0.3, 0.4) is 0 Å². The summed E-state index contributed by atoms with van der Waals surface area (Å²) in [5.41, 5.74) is 0. The van der Waals surface area contributed by atoms with Crippen molar-refractivity contribution in [3.8, 4) is 0 Å². The van der Waals surface area contributed by atoms with Gasteiger partial charge in [-0.1, -0.05) is 12.2 Å². The lowest BCUT2D eigenvalue weighted by atomic mass is 10.3. The van der Waals surface area contributed by atoms with Crippen LogP contribution in [0.5, 0.6) is 0 Å². The molecule has 1 saturated carbocycles. The molecule has 0 aromatic rings. The van der Waals surface area contributed by atoms with Gasteiger partial charge in [0.1, 0.15) is 0 Å². The molecule has 0 spiro atoms. The van der Waals surface area contributed by atoms with Crippen LogP contribution in [0.15, 0.2) is 12.2 Å². The van der Waals surface area contributed by atoms with E-state index in [1.807, 2.05) is 6.08 Å². The van der Waals surface area contributed by atoms with Gasteiger partial charge in [0.2, 0.25) is 0 Å². The van der Waals surface area contributed by atoms with Crippen LogP contribution >= 0.6 is 0 Å². The molecule has 2 heteroatoms. The highest BCUT2D eigenvalue weighted by molar-refractivity contribution is 5.55. The Labute approximate surface area is 68.2 Å². The van der Waals surface area contributed by atoms with E-state index in [1.165, 1.54) is 19.1 Å². The molecular formula is C9H16N2. The molecule has 0 saturated heterocycles. The van der Waals surface area contributed by atoms with Gasteiger partial charge in [-0.2, -0.15) is 0 Å². The fourth-order valence-corrected chi connectivity index (χ4v) is 0.940. The predicted octanol–water partition coefficient (Wildman–Crippen LogP) is 1.72. The molecule has 2 nitrogen and oxygen atoms in total. The number of allylic oxidation sites excluding steroid dienone is 1. The topological polar surface area (TPSA) is 35.9 Å². The van der Waals surface area contributed by atoms with E-state index in [0.717, 1.165) is 25.4 Å². The highest BCUT2D eigenvalue weighted by Gasteiger charge is 2.18. The molecule has 0 atom stereocenters. The standard InChI is InChI=1S/C9H16N2/c10-7-3-1-2-4-8-11-9-5-6-9/h1-2,7,9-11H,3-6,8H2/b2-1-,10-7?. The van der Waals surface area contributed by atoms with Crippen LogP contribution in [-0.2, 0) is 0 Å². The van der Waals surface area contributed by atoms with Crippen molar-refractivity contribution in [2.75, 3.05) is 6.54 Å². The lowest BCUT2D eigenvalue weighted by Gasteiger charge is -1.96. The molecule has 0 aromatic carbocycles. The van der Waals surface area contributed by atoms with Crippen molar-refractivity contribution in [2.24, 2.45) is 0 Å². The Morgan fingerprint density at radius 1 is 1.36 bits per heavy atom. The van der Waals surface area contributed by atoms with E-state index in [9.17, 15) is 0 Å². The van der Waals surface area contributed by atoms with Crippen molar-refractivity contribution >= 4 is 6.21 Å². The largest absolute Gasteiger partial charge is 0.314 e. The first-order valence-corrected chi connectivity index (χ1v) is 4.31. The molecule has 1 aliphatic rings. The quantitative estimate of drug-likeness (QED) is 0.339. The summed E-state index contributed by atoms with van der Waals surface area (Å²) in [6, 6.07) is 0.825. The third kappa shape index (κ3) is 4.73. The summed E-state index contributed by atoms with van der Waals surface area (Å²) in [5.74, 6) is 0. The molecule has 62 valence electrons. The van der Waals surface area contributed by atoms with Gasteiger partial charge in [0.25, 0.3) is 0 Å². The van der Waals surface area contributed by atoms with Crippen LogP contribution in [-0.4, -0.2) is 18.8 Å². The zero-order valence-corrected chi connectivity index (χ0v) is 6.84. The summed E-state index contributed by atoms with van der Waals surface area (Å²) in [4.78, 5) is 0. The molecule has 1 aliphatic carbocycles. The second-order valence-electron chi connectivity index (χ2n) is 2.93. The molecule has 11 heavy (non-hydrogen) atoms. The lowest BCUT2D eigenvalue weighted by Crippen LogP contribution is -2.16. The van der Waals surface area contributed by atoms with E-state index in [1.54, 1.807) is 0 Å². The Hall–Kier alpha value is -0.630. The summed E-state index contributed by atoms with van der Waals surface area (Å²) in [6.07, 6.45) is 10.2. The Morgan fingerprint density at radius 3 is 2.82 bits per heavy atom. The predicted molar refractivity (Wildman–Crippen MR) is 48.2 cm³/mol. The third-order valence-electron chi connectivity index (χ3n) is 1.74. The molecule has 0 unspecified atom stereocenters. The van der Waals surface area contributed by atoms with Crippen LogP contribution in [0.4, 0.5) is 0 Å². The van der Waals surface area contributed by atoms with Gasteiger partial charge in [-0.15, -0.1) is 0 Å². The summed E-state index contributed by atoms with van der Waals surface area (Å²) in [5, 5.41) is 10.2. The highest BCUT2D eigenvalue weighted by atomic mass is 14.9. The Bertz CT molecular complexity index is 136. The average Bonchev–Trinajstić information content (AvgIpc) is 2.80. The van der Waals surface area contributed by atoms with E-state index in [2.05, 4.69) is 11.4 Å². The molecule has 0 radical (unpaired) electrons. The molecule has 0 aliphatic heterocycles. The number of hydrogen-bond acceptors (Lipinski definition) is 2. The second-order valence-corrected chi connectivity index (χ2v) is 2.93. The molecule has 2 N–H and O–H groups in total. The van der Waals surface area contributed by atoms with Gasteiger partial charge in [0.05, 0.1) is 0 Å². The third-order valence-corrected chi connectivity index (χ3v) is 1.74. The van der Waals surface area contributed by atoms with Gasteiger partial charge >= 0.3 is 0 Å². The van der Waals surface area contributed by atoms with Crippen LogP contribution in [0.2, 0.25) is 0 Å². The van der Waals surface area contributed by atoms with Crippen LogP contribution in [0.25, 0.3) is 0 Å². The fourth-order valence-electron chi connectivity index (χ4n) is 0.940. The van der Waals surface area contributed by atoms with Crippen molar-refractivity contribution < 1.29 is 0 Å². The highest BCUT2D eigenvalue weighted by Crippen LogP contribution is 2.18. The van der Waals surface area contributed by atoms with Gasteiger partial charge < -0.3 is 10.7 Å². The maximum Gasteiger partial charge on any atom is 0.00683 e. The van der Waals surface area contributed by atoms with Crippen LogP contribution in [0, 0.1) is 5.41 Å². The van der Waals surface area contributed by atoms with E-state index >= 15 is 0 Å². The van der Waals surface area contributed by atoms with E-state index in [4.69, 9.17) is 5.41 Å². The normalized spacial score (nSPS) is 17.5. The summed E-state index contributed by atoms with van der Waals surface area (Å²) >= 11 is 0. The van der Waals surface area contributed by atoms with Crippen molar-refractivity contribution in [1.29, 1.82) is 5.41 Å². The summed E-state index contributed by atoms with van der Waals surface area (Å²) in [7, 11) is 0. The maximum atomic E-state index is 6.77. The number of rotatable bonds is 6. The smallest absolute Gasteiger partial charge is 0.00683 e. The summed E-state index contributed by atoms with van der Waals surface area (Å²) < 4.78 is 0. The van der Waals surface area contributed by atoms with Crippen molar-refractivity contribution in [3.63, 3.8) is 0 Å². The molecule has 0 bridgehead atoms. The average molecular weight is 152 g/mol. The fraction of sp³-hybridized carbons (Fsp3) is 0.667. The number of hydrogen-bond donors (Lipinski definition) is 2. The van der Waals surface area contributed by atoms with E-state index in [0.29, 0.717) is 0 Å². The second kappa shape index (κ2) is 5.08. The maximum absolute atomic E-state index is 6.77. The SMILES string of the molecule is N=CC/C=C\CCNC1CC1. The van der Waals surface area contributed by atoms with Crippen molar-refractivity contribution in [3.05, 3.63) is 12.2 Å². The van der Waals surface area contributed by atoms with Gasteiger partial charge in [0, 0.05) is 6.04 Å². The molecule has 0 heterocycles. The molecule has 1 fully saturated rings. The molecule has 0 aromatic heterocycles. The van der Waals surface area contributed by atoms with Crippen molar-refractivity contribution in [2.45, 2.75) is 31.7 Å². The Morgan fingerprint density at radius 2 is 2.18 bits per heavy atom. The lowest BCUT2D eigenvalue weighted by molar-refractivity contribution is 0.690. The molecule has 1 rings (SSSR count). The number of nitrogens with one attached hydrogen (secondary N) is 2. The minimum Gasteiger partial charge on any atom is -0.314 e. The Balaban J connectivity index is 1.82. The monoisotopic (exact) mass is 152 g/mol. The van der Waals surface area contributed by atoms with Gasteiger partial charge in [0.15, 0.2) is 0 Å². The van der Waals surface area contributed by atoms with Crippen LogP contribution in [0.1, 0.15) is 25.7 Å². The van der Waals surface area contributed by atoms with Gasteiger partial charge in [-0.25, -0.2) is 0 Å². The van der Waals surface area contributed by atoms with Crippen LogP contribution < -0.4 is 5.32 Å². The summed E-state index contributed by atoms with van der Waals surface area (Å²) in [6.45, 7) is 1.10. The molecular weight excluding hydrogens is 136 g/mol. The molecule has 0 amide bonds.